The average Bonchev–Trinajstić information content (AvgIpc) is 2.86. The molecule has 0 bridgehead atoms. The number of H-pyrrole nitrogens is 1. The van der Waals surface area contributed by atoms with Gasteiger partial charge in [0.05, 0.1) is 0 Å². The monoisotopic (exact) mass is 257 g/mol. The van der Waals surface area contributed by atoms with E-state index < -0.39 is 0 Å². The number of nitrogens with one attached hydrogen (secondary N) is 2. The first-order valence-corrected chi connectivity index (χ1v) is 7.24. The van der Waals surface area contributed by atoms with Crippen LogP contribution in [0.4, 0.5) is 5.69 Å². The Hall–Kier alpha value is -1.48. The number of fused-ring (bicyclic) bond motifs is 1. The third kappa shape index (κ3) is 2.76. The molecule has 2 unspecified atom stereocenters. The van der Waals surface area contributed by atoms with Gasteiger partial charge in [0.2, 0.25) is 0 Å². The zero-order valence-electron chi connectivity index (χ0n) is 11.8. The van der Waals surface area contributed by atoms with E-state index in [4.69, 9.17) is 0 Å². The van der Waals surface area contributed by atoms with Crippen molar-refractivity contribution in [3.05, 3.63) is 30.5 Å². The summed E-state index contributed by atoms with van der Waals surface area (Å²) in [6.45, 7) is 4.77. The molecule has 2 N–H and O–H groups in total. The van der Waals surface area contributed by atoms with Crippen LogP contribution in [-0.2, 0) is 0 Å². The first-order chi connectivity index (χ1) is 9.22. The molecule has 1 aliphatic heterocycles. The molecule has 2 heterocycles. The summed E-state index contributed by atoms with van der Waals surface area (Å²) in [7, 11) is 2.23. The second kappa shape index (κ2) is 5.25. The molecule has 1 aromatic heterocycles. The number of nitrogens with zero attached hydrogens (tertiary/aromatic N) is 1. The largest absolute Gasteiger partial charge is 0.382 e. The summed E-state index contributed by atoms with van der Waals surface area (Å²) in [4.78, 5) is 5.68. The van der Waals surface area contributed by atoms with Crippen LogP contribution in [0.2, 0.25) is 0 Å². The van der Waals surface area contributed by atoms with E-state index in [9.17, 15) is 0 Å². The molecule has 1 aromatic carbocycles. The van der Waals surface area contributed by atoms with Crippen LogP contribution in [0.3, 0.4) is 0 Å². The van der Waals surface area contributed by atoms with Crippen molar-refractivity contribution in [2.45, 2.75) is 25.8 Å². The van der Waals surface area contributed by atoms with Gasteiger partial charge in [-0.25, -0.2) is 0 Å². The first-order valence-electron chi connectivity index (χ1n) is 7.24. The lowest BCUT2D eigenvalue weighted by atomic mass is 9.91. The molecule has 0 amide bonds. The van der Waals surface area contributed by atoms with Gasteiger partial charge in [-0.2, -0.15) is 0 Å². The van der Waals surface area contributed by atoms with Gasteiger partial charge in [0.25, 0.3) is 0 Å². The zero-order chi connectivity index (χ0) is 13.2. The quantitative estimate of drug-likeness (QED) is 0.884. The van der Waals surface area contributed by atoms with Gasteiger partial charge >= 0.3 is 0 Å². The predicted octanol–water partition coefficient (Wildman–Crippen LogP) is 3.31. The second-order valence-corrected chi connectivity index (χ2v) is 5.88. The SMILES string of the molecule is CC(Nc1ccc2[nH]ccc2c1)C1CCCN(C)C1. The normalized spacial score (nSPS) is 22.5. The highest BCUT2D eigenvalue weighted by atomic mass is 15.1. The molecule has 3 nitrogen and oxygen atoms in total. The number of hydrogen-bond donors (Lipinski definition) is 2. The Labute approximate surface area is 115 Å². The molecule has 0 spiro atoms. The van der Waals surface area contributed by atoms with Gasteiger partial charge in [-0.05, 0) is 63.5 Å². The van der Waals surface area contributed by atoms with Crippen molar-refractivity contribution in [1.29, 1.82) is 0 Å². The van der Waals surface area contributed by atoms with Gasteiger partial charge in [0.1, 0.15) is 0 Å². The minimum atomic E-state index is 0.527. The van der Waals surface area contributed by atoms with Crippen LogP contribution in [0.5, 0.6) is 0 Å². The molecule has 2 aromatic rings. The number of benzene rings is 1. The van der Waals surface area contributed by atoms with Crippen LogP contribution in [-0.4, -0.2) is 36.1 Å². The van der Waals surface area contributed by atoms with E-state index >= 15 is 0 Å². The topological polar surface area (TPSA) is 31.1 Å². The number of hydrogen-bond acceptors (Lipinski definition) is 2. The lowest BCUT2D eigenvalue weighted by Gasteiger charge is -2.34. The zero-order valence-corrected chi connectivity index (χ0v) is 11.8. The summed E-state index contributed by atoms with van der Waals surface area (Å²) >= 11 is 0. The van der Waals surface area contributed by atoms with Crippen molar-refractivity contribution in [3.63, 3.8) is 0 Å². The molecule has 2 atom stereocenters. The summed E-state index contributed by atoms with van der Waals surface area (Å²) in [5.74, 6) is 0.751. The van der Waals surface area contributed by atoms with E-state index in [-0.39, 0.29) is 0 Å². The molecular weight excluding hydrogens is 234 g/mol. The van der Waals surface area contributed by atoms with Crippen molar-refractivity contribution < 1.29 is 0 Å². The average molecular weight is 257 g/mol. The summed E-state index contributed by atoms with van der Waals surface area (Å²) < 4.78 is 0. The number of aromatic amines is 1. The van der Waals surface area contributed by atoms with Gasteiger partial charge in [0.15, 0.2) is 0 Å². The van der Waals surface area contributed by atoms with Crippen molar-refractivity contribution >= 4 is 16.6 Å². The first kappa shape index (κ1) is 12.5. The molecule has 102 valence electrons. The van der Waals surface area contributed by atoms with Crippen LogP contribution in [0.1, 0.15) is 19.8 Å². The number of aromatic nitrogens is 1. The Morgan fingerprint density at radius 2 is 2.26 bits per heavy atom. The molecule has 0 aliphatic carbocycles. The van der Waals surface area contributed by atoms with E-state index in [2.05, 4.69) is 53.4 Å². The van der Waals surface area contributed by atoms with E-state index in [1.54, 1.807) is 0 Å². The Bertz CT molecular complexity index is 546. The maximum atomic E-state index is 3.67. The fourth-order valence-corrected chi connectivity index (χ4v) is 3.14. The molecule has 19 heavy (non-hydrogen) atoms. The molecule has 0 radical (unpaired) electrons. The number of rotatable bonds is 3. The predicted molar refractivity (Wildman–Crippen MR) is 81.6 cm³/mol. The van der Waals surface area contributed by atoms with Crippen LogP contribution in [0, 0.1) is 5.92 Å². The highest BCUT2D eigenvalue weighted by Crippen LogP contribution is 2.23. The number of likely N-dealkylation sites (tertiary alicyclic amines) is 1. The van der Waals surface area contributed by atoms with Gasteiger partial charge in [-0.3, -0.25) is 0 Å². The Morgan fingerprint density at radius 3 is 3.11 bits per heavy atom. The summed E-state index contributed by atoms with van der Waals surface area (Å²) in [6.07, 6.45) is 4.66. The van der Waals surface area contributed by atoms with Crippen molar-refractivity contribution in [2.75, 3.05) is 25.5 Å². The van der Waals surface area contributed by atoms with Gasteiger partial charge in [-0.15, -0.1) is 0 Å². The summed E-state index contributed by atoms with van der Waals surface area (Å²) in [5, 5.41) is 4.95. The Kier molecular flexibility index (Phi) is 3.47. The van der Waals surface area contributed by atoms with E-state index in [0.717, 1.165) is 5.92 Å². The maximum absolute atomic E-state index is 3.67. The van der Waals surface area contributed by atoms with Crippen LogP contribution in [0.25, 0.3) is 10.9 Å². The lowest BCUT2D eigenvalue weighted by molar-refractivity contribution is 0.197. The number of piperidine rings is 1. The highest BCUT2D eigenvalue weighted by Gasteiger charge is 2.22. The third-order valence-electron chi connectivity index (χ3n) is 4.32. The summed E-state index contributed by atoms with van der Waals surface area (Å²) in [5.41, 5.74) is 2.43. The number of anilines is 1. The molecule has 1 saturated heterocycles. The standard InChI is InChI=1S/C16H23N3/c1-12(14-4-3-9-19(2)11-14)18-15-5-6-16-13(10-15)7-8-17-16/h5-8,10,12,14,17-18H,3-4,9,11H2,1-2H3. The van der Waals surface area contributed by atoms with Gasteiger partial charge in [-0.1, -0.05) is 0 Å². The van der Waals surface area contributed by atoms with Gasteiger partial charge < -0.3 is 15.2 Å². The highest BCUT2D eigenvalue weighted by molar-refractivity contribution is 5.83. The fourth-order valence-electron chi connectivity index (χ4n) is 3.14. The third-order valence-corrected chi connectivity index (χ3v) is 4.32. The Morgan fingerprint density at radius 1 is 1.37 bits per heavy atom. The van der Waals surface area contributed by atoms with E-state index in [0.29, 0.717) is 6.04 Å². The minimum Gasteiger partial charge on any atom is -0.382 e. The molecule has 0 saturated carbocycles. The second-order valence-electron chi connectivity index (χ2n) is 5.88. The van der Waals surface area contributed by atoms with Crippen molar-refractivity contribution in [3.8, 4) is 0 Å². The van der Waals surface area contributed by atoms with Crippen LogP contribution < -0.4 is 5.32 Å². The molecule has 1 fully saturated rings. The minimum absolute atomic E-state index is 0.527. The summed E-state index contributed by atoms with van der Waals surface area (Å²) in [6, 6.07) is 9.20. The molecule has 3 heteroatoms. The lowest BCUT2D eigenvalue weighted by Crippen LogP contribution is -2.39. The van der Waals surface area contributed by atoms with Crippen LogP contribution in [0.15, 0.2) is 30.5 Å². The smallest absolute Gasteiger partial charge is 0.0455 e. The van der Waals surface area contributed by atoms with E-state index in [1.807, 2.05) is 6.20 Å². The fraction of sp³-hybridized carbons (Fsp3) is 0.500. The molecule has 3 rings (SSSR count). The van der Waals surface area contributed by atoms with Crippen molar-refractivity contribution in [2.24, 2.45) is 5.92 Å². The molecule has 1 aliphatic rings. The van der Waals surface area contributed by atoms with E-state index in [1.165, 1.54) is 42.5 Å². The molecular formula is C16H23N3. The van der Waals surface area contributed by atoms with Crippen LogP contribution >= 0.6 is 0 Å². The van der Waals surface area contributed by atoms with Crippen molar-refractivity contribution in [1.82, 2.24) is 9.88 Å². The van der Waals surface area contributed by atoms with Gasteiger partial charge in [0, 0.05) is 35.4 Å². The Balaban J connectivity index is 1.69. The maximum Gasteiger partial charge on any atom is 0.0455 e.